The summed E-state index contributed by atoms with van der Waals surface area (Å²) in [7, 11) is 0. The first kappa shape index (κ1) is 16.7. The molecule has 2 aromatic carbocycles. The highest BCUT2D eigenvalue weighted by atomic mass is 16.4. The van der Waals surface area contributed by atoms with Crippen LogP contribution in [0.25, 0.3) is 10.8 Å². The Morgan fingerprint density at radius 2 is 1.91 bits per heavy atom. The number of benzene rings is 2. The van der Waals surface area contributed by atoms with Crippen LogP contribution in [0.15, 0.2) is 55.1 Å². The van der Waals surface area contributed by atoms with Gasteiger partial charge in [0.05, 0.1) is 6.42 Å². The molecule has 0 spiro atoms. The van der Waals surface area contributed by atoms with E-state index in [1.807, 2.05) is 42.5 Å². The fraction of sp³-hybridized carbons (Fsp3) is 0.263. The third kappa shape index (κ3) is 5.25. The number of fused-ring (bicyclic) bond motifs is 1. The van der Waals surface area contributed by atoms with E-state index in [1.165, 1.54) is 0 Å². The molecule has 4 nitrogen and oxygen atoms in total. The van der Waals surface area contributed by atoms with Crippen molar-refractivity contribution < 1.29 is 14.7 Å². The van der Waals surface area contributed by atoms with Gasteiger partial charge in [0.25, 0.3) is 0 Å². The van der Waals surface area contributed by atoms with E-state index in [-0.39, 0.29) is 12.3 Å². The molecule has 0 aromatic heterocycles. The van der Waals surface area contributed by atoms with E-state index >= 15 is 0 Å². The lowest BCUT2D eigenvalue weighted by atomic mass is 10.00. The molecule has 120 valence electrons. The molecular formula is C19H21NO3. The minimum Gasteiger partial charge on any atom is -0.481 e. The summed E-state index contributed by atoms with van der Waals surface area (Å²) in [4.78, 5) is 22.9. The van der Waals surface area contributed by atoms with Gasteiger partial charge < -0.3 is 10.4 Å². The van der Waals surface area contributed by atoms with Gasteiger partial charge in [0.15, 0.2) is 0 Å². The van der Waals surface area contributed by atoms with Gasteiger partial charge in [0.1, 0.15) is 0 Å². The molecule has 0 aliphatic heterocycles. The maximum Gasteiger partial charge on any atom is 0.305 e. The second-order valence-corrected chi connectivity index (χ2v) is 5.58. The van der Waals surface area contributed by atoms with Crippen LogP contribution in [0.5, 0.6) is 0 Å². The number of hydrogen-bond acceptors (Lipinski definition) is 2. The molecule has 0 radical (unpaired) electrons. The van der Waals surface area contributed by atoms with Gasteiger partial charge in [-0.3, -0.25) is 9.59 Å². The lowest BCUT2D eigenvalue weighted by Gasteiger charge is -2.17. The number of carboxylic acid groups (broad SMARTS) is 1. The summed E-state index contributed by atoms with van der Waals surface area (Å²) >= 11 is 0. The molecule has 0 aliphatic carbocycles. The molecule has 0 fully saturated rings. The predicted molar refractivity (Wildman–Crippen MR) is 91.3 cm³/mol. The Balaban J connectivity index is 2.09. The second kappa shape index (κ2) is 8.13. The van der Waals surface area contributed by atoms with Gasteiger partial charge >= 0.3 is 5.97 Å². The van der Waals surface area contributed by atoms with Crippen molar-refractivity contribution in [3.8, 4) is 0 Å². The first-order chi connectivity index (χ1) is 11.1. The van der Waals surface area contributed by atoms with Gasteiger partial charge in [-0.25, -0.2) is 0 Å². The molecule has 0 saturated carbocycles. The van der Waals surface area contributed by atoms with Crippen LogP contribution in [0.2, 0.25) is 0 Å². The Morgan fingerprint density at radius 1 is 1.17 bits per heavy atom. The van der Waals surface area contributed by atoms with Crippen molar-refractivity contribution in [3.63, 3.8) is 0 Å². The number of amides is 1. The average molecular weight is 311 g/mol. The van der Waals surface area contributed by atoms with E-state index in [2.05, 4.69) is 11.9 Å². The Hall–Kier alpha value is -2.62. The minimum atomic E-state index is -0.917. The number of allylic oxidation sites excluding steroid dienone is 1. The lowest BCUT2D eigenvalue weighted by molar-refractivity contribution is -0.137. The Labute approximate surface area is 135 Å². The van der Waals surface area contributed by atoms with Crippen LogP contribution in [0.4, 0.5) is 0 Å². The summed E-state index contributed by atoms with van der Waals surface area (Å²) in [5, 5.41) is 14.1. The van der Waals surface area contributed by atoms with Gasteiger partial charge in [0, 0.05) is 12.5 Å². The van der Waals surface area contributed by atoms with Gasteiger partial charge in [-0.1, -0.05) is 48.5 Å². The summed E-state index contributed by atoms with van der Waals surface area (Å²) in [5.41, 5.74) is 1.01. The van der Waals surface area contributed by atoms with E-state index in [9.17, 15) is 9.59 Å². The van der Waals surface area contributed by atoms with E-state index < -0.39 is 12.0 Å². The van der Waals surface area contributed by atoms with E-state index in [4.69, 9.17) is 5.11 Å². The molecule has 23 heavy (non-hydrogen) atoms. The Kier molecular flexibility index (Phi) is 5.92. The van der Waals surface area contributed by atoms with E-state index in [0.29, 0.717) is 19.3 Å². The number of carboxylic acids is 1. The zero-order chi connectivity index (χ0) is 16.7. The van der Waals surface area contributed by atoms with Crippen molar-refractivity contribution >= 4 is 22.6 Å². The van der Waals surface area contributed by atoms with Crippen LogP contribution in [-0.4, -0.2) is 23.0 Å². The standard InChI is InChI=1S/C19H21NO3/c1-2-3-8-18(21)20-17(13-19(22)23)12-14-9-10-15-6-4-5-7-16(15)11-14/h2,4-7,9-11,17H,1,3,8,12-13H2,(H,20,21)(H,22,23)/t17-/m0/s1. The molecule has 2 N–H and O–H groups in total. The topological polar surface area (TPSA) is 66.4 Å². The molecule has 4 heteroatoms. The van der Waals surface area contributed by atoms with Crippen LogP contribution in [-0.2, 0) is 16.0 Å². The highest BCUT2D eigenvalue weighted by Gasteiger charge is 2.16. The smallest absolute Gasteiger partial charge is 0.305 e. The molecule has 1 atom stereocenters. The van der Waals surface area contributed by atoms with Crippen molar-refractivity contribution in [1.29, 1.82) is 0 Å². The first-order valence-corrected chi connectivity index (χ1v) is 7.68. The molecule has 0 heterocycles. The molecule has 1 amide bonds. The molecule has 0 aliphatic rings. The van der Waals surface area contributed by atoms with Crippen molar-refractivity contribution in [2.75, 3.05) is 0 Å². The summed E-state index contributed by atoms with van der Waals surface area (Å²) in [6.45, 7) is 3.58. The van der Waals surface area contributed by atoms with Crippen molar-refractivity contribution in [2.45, 2.75) is 31.7 Å². The highest BCUT2D eigenvalue weighted by molar-refractivity contribution is 5.83. The van der Waals surface area contributed by atoms with Crippen LogP contribution >= 0.6 is 0 Å². The number of hydrogen-bond donors (Lipinski definition) is 2. The number of nitrogens with one attached hydrogen (secondary N) is 1. The minimum absolute atomic E-state index is 0.0906. The number of carbonyl (C=O) groups excluding carboxylic acids is 1. The summed E-state index contributed by atoms with van der Waals surface area (Å²) < 4.78 is 0. The third-order valence-electron chi connectivity index (χ3n) is 3.66. The van der Waals surface area contributed by atoms with E-state index in [1.54, 1.807) is 6.08 Å². The third-order valence-corrected chi connectivity index (χ3v) is 3.66. The number of carbonyl (C=O) groups is 2. The van der Waals surface area contributed by atoms with Gasteiger partial charge in [-0.05, 0) is 29.2 Å². The lowest BCUT2D eigenvalue weighted by Crippen LogP contribution is -2.37. The molecule has 2 aromatic rings. The molecule has 0 unspecified atom stereocenters. The predicted octanol–water partition coefficient (Wildman–Crippen LogP) is 3.31. The maximum absolute atomic E-state index is 11.8. The normalized spacial score (nSPS) is 11.8. The monoisotopic (exact) mass is 311 g/mol. The van der Waals surface area contributed by atoms with Crippen LogP contribution in [0.3, 0.4) is 0 Å². The SMILES string of the molecule is C=CCCC(=O)N[C@H](CC(=O)O)Cc1ccc2ccccc2c1. The zero-order valence-electron chi connectivity index (χ0n) is 13.0. The van der Waals surface area contributed by atoms with Gasteiger partial charge in [0.2, 0.25) is 5.91 Å². The zero-order valence-corrected chi connectivity index (χ0v) is 13.0. The second-order valence-electron chi connectivity index (χ2n) is 5.58. The molecule has 0 saturated heterocycles. The van der Waals surface area contributed by atoms with Gasteiger partial charge in [-0.15, -0.1) is 6.58 Å². The maximum atomic E-state index is 11.8. The quantitative estimate of drug-likeness (QED) is 0.735. The van der Waals surface area contributed by atoms with Crippen molar-refractivity contribution in [2.24, 2.45) is 0 Å². The summed E-state index contributed by atoms with van der Waals surface area (Å²) in [6, 6.07) is 13.6. The fourth-order valence-electron chi connectivity index (χ4n) is 2.57. The number of rotatable bonds is 8. The molecular weight excluding hydrogens is 290 g/mol. The fourth-order valence-corrected chi connectivity index (χ4v) is 2.57. The molecule has 2 rings (SSSR count). The Morgan fingerprint density at radius 3 is 2.61 bits per heavy atom. The Bertz CT molecular complexity index is 709. The van der Waals surface area contributed by atoms with E-state index in [0.717, 1.165) is 16.3 Å². The first-order valence-electron chi connectivity index (χ1n) is 7.68. The largest absolute Gasteiger partial charge is 0.481 e. The average Bonchev–Trinajstić information content (AvgIpc) is 2.52. The highest BCUT2D eigenvalue weighted by Crippen LogP contribution is 2.17. The van der Waals surface area contributed by atoms with Crippen LogP contribution in [0, 0.1) is 0 Å². The summed E-state index contributed by atoms with van der Waals surface area (Å²) in [5.74, 6) is -1.06. The summed E-state index contributed by atoms with van der Waals surface area (Å²) in [6.07, 6.45) is 3.00. The van der Waals surface area contributed by atoms with Crippen molar-refractivity contribution in [3.05, 3.63) is 60.7 Å². The van der Waals surface area contributed by atoms with Crippen LogP contribution in [0.1, 0.15) is 24.8 Å². The van der Waals surface area contributed by atoms with Crippen molar-refractivity contribution in [1.82, 2.24) is 5.32 Å². The van der Waals surface area contributed by atoms with Gasteiger partial charge in [-0.2, -0.15) is 0 Å². The number of aliphatic carboxylic acids is 1. The van der Waals surface area contributed by atoms with Crippen LogP contribution < -0.4 is 5.32 Å². The molecule has 0 bridgehead atoms.